The molecule has 31 heavy (non-hydrogen) atoms. The number of anilines is 1. The zero-order chi connectivity index (χ0) is 21.4. The Hall–Kier alpha value is -3.56. The molecule has 0 fully saturated rings. The summed E-state index contributed by atoms with van der Waals surface area (Å²) in [6.07, 6.45) is 7.53. The molecule has 1 atom stereocenters. The van der Waals surface area contributed by atoms with Gasteiger partial charge in [0.1, 0.15) is 23.5 Å². The number of carbonyl (C=O) groups is 2. The maximum absolute atomic E-state index is 12.8. The second-order valence-corrected chi connectivity index (χ2v) is 7.98. The number of rotatable bonds is 4. The number of aromatic nitrogens is 5. The first-order chi connectivity index (χ1) is 15.1. The van der Waals surface area contributed by atoms with Crippen molar-refractivity contribution < 1.29 is 14.1 Å². The summed E-state index contributed by atoms with van der Waals surface area (Å²) in [6, 6.07) is 1.36. The smallest absolute Gasteiger partial charge is 0.270 e. The second-order valence-electron chi connectivity index (χ2n) is 7.98. The average molecular weight is 421 g/mol. The van der Waals surface area contributed by atoms with E-state index in [9.17, 15) is 9.59 Å². The monoisotopic (exact) mass is 421 g/mol. The largest absolute Gasteiger partial charge is 0.358 e. The van der Waals surface area contributed by atoms with E-state index in [-0.39, 0.29) is 17.5 Å². The maximum Gasteiger partial charge on any atom is 0.270 e. The molecule has 1 aliphatic heterocycles. The first kappa shape index (κ1) is 19.4. The summed E-state index contributed by atoms with van der Waals surface area (Å²) in [5.41, 5.74) is 3.80. The van der Waals surface area contributed by atoms with Crippen molar-refractivity contribution in [1.82, 2.24) is 30.4 Å². The van der Waals surface area contributed by atoms with Crippen LogP contribution in [-0.2, 0) is 24.1 Å². The molecule has 10 heteroatoms. The number of amides is 2. The minimum Gasteiger partial charge on any atom is -0.358 e. The van der Waals surface area contributed by atoms with E-state index in [0.29, 0.717) is 41.5 Å². The van der Waals surface area contributed by atoms with Gasteiger partial charge in [-0.1, -0.05) is 11.6 Å². The van der Waals surface area contributed by atoms with Gasteiger partial charge in [0.2, 0.25) is 5.91 Å². The molecular formula is C21H23N7O3. The second kappa shape index (κ2) is 7.93. The molecule has 0 bridgehead atoms. The molecule has 3 N–H and O–H groups in total. The molecule has 2 aliphatic rings. The van der Waals surface area contributed by atoms with Gasteiger partial charge >= 0.3 is 0 Å². The van der Waals surface area contributed by atoms with Gasteiger partial charge in [-0.2, -0.15) is 0 Å². The number of hydrogen-bond acceptors (Lipinski definition) is 7. The zero-order valence-corrected chi connectivity index (χ0v) is 17.2. The van der Waals surface area contributed by atoms with Crippen LogP contribution in [0.25, 0.3) is 11.5 Å². The molecule has 4 heterocycles. The number of nitrogens with one attached hydrogen (secondary N) is 3. The van der Waals surface area contributed by atoms with E-state index in [0.717, 1.165) is 31.4 Å². The van der Waals surface area contributed by atoms with Gasteiger partial charge in [0.15, 0.2) is 11.6 Å². The number of nitrogens with zero attached hydrogens (tertiary/aromatic N) is 4. The lowest BCUT2D eigenvalue weighted by Gasteiger charge is -2.18. The summed E-state index contributed by atoms with van der Waals surface area (Å²) in [6.45, 7) is 1.81. The van der Waals surface area contributed by atoms with E-state index in [2.05, 4.69) is 30.7 Å². The quantitative estimate of drug-likeness (QED) is 0.550. The highest BCUT2D eigenvalue weighted by Crippen LogP contribution is 2.26. The highest BCUT2D eigenvalue weighted by atomic mass is 16.5. The van der Waals surface area contributed by atoms with E-state index >= 15 is 0 Å². The SMILES string of the molecule is C[C@@H](NC(=O)c1ncnc2c1CCC(=O)N2)c1cc(-c2nc3c([nH]2)CCCCC3)no1. The van der Waals surface area contributed by atoms with Crippen molar-refractivity contribution in [2.45, 2.75) is 57.9 Å². The molecule has 3 aromatic heterocycles. The Morgan fingerprint density at radius 3 is 2.94 bits per heavy atom. The Balaban J connectivity index is 1.31. The Bertz CT molecular complexity index is 1130. The third-order valence-electron chi connectivity index (χ3n) is 5.77. The first-order valence-corrected chi connectivity index (χ1v) is 10.6. The van der Waals surface area contributed by atoms with E-state index in [1.807, 2.05) is 6.92 Å². The predicted molar refractivity (Wildman–Crippen MR) is 110 cm³/mol. The Morgan fingerprint density at radius 1 is 1.16 bits per heavy atom. The number of fused-ring (bicyclic) bond motifs is 2. The van der Waals surface area contributed by atoms with Gasteiger partial charge in [-0.3, -0.25) is 9.59 Å². The summed E-state index contributed by atoms with van der Waals surface area (Å²) in [5, 5.41) is 9.71. The van der Waals surface area contributed by atoms with Crippen molar-refractivity contribution in [1.29, 1.82) is 0 Å². The maximum atomic E-state index is 12.8. The first-order valence-electron chi connectivity index (χ1n) is 10.6. The van der Waals surface area contributed by atoms with Gasteiger partial charge in [0, 0.05) is 23.7 Å². The Kier molecular flexibility index (Phi) is 4.97. The molecule has 0 aromatic carbocycles. The molecule has 1 aliphatic carbocycles. The topological polar surface area (TPSA) is 139 Å². The molecule has 5 rings (SSSR count). The van der Waals surface area contributed by atoms with Crippen molar-refractivity contribution in [2.24, 2.45) is 0 Å². The van der Waals surface area contributed by atoms with Crippen LogP contribution in [0.5, 0.6) is 0 Å². The number of imidazole rings is 1. The summed E-state index contributed by atoms with van der Waals surface area (Å²) in [4.78, 5) is 40.7. The molecule has 0 unspecified atom stereocenters. The fourth-order valence-corrected chi connectivity index (χ4v) is 4.08. The molecule has 2 amide bonds. The van der Waals surface area contributed by atoms with E-state index in [1.54, 1.807) is 6.07 Å². The van der Waals surface area contributed by atoms with Gasteiger partial charge in [0.05, 0.1) is 11.7 Å². The van der Waals surface area contributed by atoms with Crippen LogP contribution in [-0.4, -0.2) is 36.9 Å². The highest BCUT2D eigenvalue weighted by Gasteiger charge is 2.25. The zero-order valence-electron chi connectivity index (χ0n) is 17.2. The van der Waals surface area contributed by atoms with Crippen molar-refractivity contribution in [3.8, 4) is 11.5 Å². The molecule has 0 saturated heterocycles. The van der Waals surface area contributed by atoms with Crippen LogP contribution < -0.4 is 10.6 Å². The lowest BCUT2D eigenvalue weighted by molar-refractivity contribution is -0.116. The van der Waals surface area contributed by atoms with E-state index in [1.165, 1.54) is 18.4 Å². The fraction of sp³-hybridized carbons (Fsp3) is 0.429. The average Bonchev–Trinajstić information content (AvgIpc) is 3.35. The number of hydrogen-bond donors (Lipinski definition) is 3. The summed E-state index contributed by atoms with van der Waals surface area (Å²) >= 11 is 0. The lowest BCUT2D eigenvalue weighted by atomic mass is 10.0. The number of aryl methyl sites for hydroxylation is 2. The molecule has 3 aromatic rings. The van der Waals surface area contributed by atoms with Gasteiger partial charge < -0.3 is 20.1 Å². The minimum atomic E-state index is -0.426. The van der Waals surface area contributed by atoms with Crippen molar-refractivity contribution in [3.05, 3.63) is 40.8 Å². The molecular weight excluding hydrogens is 398 g/mol. The Labute approximate surface area is 178 Å². The van der Waals surface area contributed by atoms with Gasteiger partial charge in [-0.15, -0.1) is 0 Å². The van der Waals surface area contributed by atoms with Crippen LogP contribution in [0.1, 0.15) is 71.8 Å². The van der Waals surface area contributed by atoms with Crippen LogP contribution in [0, 0.1) is 0 Å². The predicted octanol–water partition coefficient (Wildman–Crippen LogP) is 2.50. The van der Waals surface area contributed by atoms with E-state index < -0.39 is 6.04 Å². The van der Waals surface area contributed by atoms with Crippen LogP contribution in [0.3, 0.4) is 0 Å². The molecule has 0 spiro atoms. The number of carbonyl (C=O) groups excluding carboxylic acids is 2. The van der Waals surface area contributed by atoms with Crippen molar-refractivity contribution in [3.63, 3.8) is 0 Å². The molecule has 0 saturated carbocycles. The van der Waals surface area contributed by atoms with Crippen LogP contribution in [0.15, 0.2) is 16.9 Å². The third-order valence-corrected chi connectivity index (χ3v) is 5.77. The van der Waals surface area contributed by atoms with Gasteiger partial charge in [-0.25, -0.2) is 15.0 Å². The lowest BCUT2D eigenvalue weighted by Crippen LogP contribution is -2.30. The van der Waals surface area contributed by atoms with Crippen LogP contribution >= 0.6 is 0 Å². The van der Waals surface area contributed by atoms with Gasteiger partial charge in [0.25, 0.3) is 5.91 Å². The van der Waals surface area contributed by atoms with Crippen LogP contribution in [0.2, 0.25) is 0 Å². The fourth-order valence-electron chi connectivity index (χ4n) is 4.08. The summed E-state index contributed by atoms with van der Waals surface area (Å²) < 4.78 is 5.49. The third kappa shape index (κ3) is 3.80. The van der Waals surface area contributed by atoms with Crippen molar-refractivity contribution in [2.75, 3.05) is 5.32 Å². The van der Waals surface area contributed by atoms with E-state index in [4.69, 9.17) is 9.51 Å². The van der Waals surface area contributed by atoms with Crippen LogP contribution in [0.4, 0.5) is 5.82 Å². The molecule has 0 radical (unpaired) electrons. The van der Waals surface area contributed by atoms with Gasteiger partial charge in [-0.05, 0) is 39.0 Å². The highest BCUT2D eigenvalue weighted by molar-refractivity contribution is 5.99. The normalized spacial score (nSPS) is 16.6. The number of H-pyrrole nitrogens is 1. The van der Waals surface area contributed by atoms with Crippen molar-refractivity contribution >= 4 is 17.6 Å². The number of aromatic amines is 1. The summed E-state index contributed by atoms with van der Waals surface area (Å²) in [7, 11) is 0. The minimum absolute atomic E-state index is 0.115. The molecule has 160 valence electrons. The molecule has 10 nitrogen and oxygen atoms in total. The standard InChI is InChI=1S/C21H23N7O3/c1-11(24-21(30)18-12-7-8-17(29)27-19(12)23-10-22-18)16-9-15(28-31-16)20-25-13-5-3-2-4-6-14(13)26-20/h9-11H,2-8H2,1H3,(H,24,30)(H,25,26)(H,22,23,27,29)/t11-/m1/s1. The summed E-state index contributed by atoms with van der Waals surface area (Å²) in [5.74, 6) is 1.14. The Morgan fingerprint density at radius 2 is 2.03 bits per heavy atom.